The van der Waals surface area contributed by atoms with Crippen molar-refractivity contribution in [3.63, 3.8) is 0 Å². The Morgan fingerprint density at radius 1 is 1.07 bits per heavy atom. The summed E-state index contributed by atoms with van der Waals surface area (Å²) in [5, 5.41) is 29.2. The van der Waals surface area contributed by atoms with Gasteiger partial charge in [0.2, 0.25) is 21.8 Å². The Labute approximate surface area is 262 Å². The first-order valence-corrected chi connectivity index (χ1v) is 16.3. The van der Waals surface area contributed by atoms with Crippen molar-refractivity contribution in [1.29, 1.82) is 5.41 Å². The number of likely N-dealkylation sites (tertiary alicyclic amines) is 2. The maximum absolute atomic E-state index is 13.7. The fourth-order valence-corrected chi connectivity index (χ4v) is 6.80. The van der Waals surface area contributed by atoms with Gasteiger partial charge in [0.1, 0.15) is 12.1 Å². The number of amides is 2. The summed E-state index contributed by atoms with van der Waals surface area (Å²) in [6.07, 6.45) is 1.96. The van der Waals surface area contributed by atoms with Crippen molar-refractivity contribution in [2.45, 2.75) is 62.9 Å². The van der Waals surface area contributed by atoms with Crippen molar-refractivity contribution in [3.8, 4) is 0 Å². The monoisotopic (exact) mass is 646 g/mol. The molecule has 2 aromatic rings. The van der Waals surface area contributed by atoms with Crippen LogP contribution in [0.15, 0.2) is 47.4 Å². The zero-order valence-electron chi connectivity index (χ0n) is 25.4. The van der Waals surface area contributed by atoms with Crippen LogP contribution in [-0.2, 0) is 29.2 Å². The van der Waals surface area contributed by atoms with Gasteiger partial charge in [-0.1, -0.05) is 37.3 Å². The van der Waals surface area contributed by atoms with E-state index in [2.05, 4.69) is 10.0 Å². The minimum Gasteiger partial charge on any atom is -0.481 e. The highest BCUT2D eigenvalue weighted by Crippen LogP contribution is 2.25. The lowest BCUT2D eigenvalue weighted by Gasteiger charge is -2.38. The van der Waals surface area contributed by atoms with Crippen LogP contribution in [0.2, 0.25) is 0 Å². The maximum atomic E-state index is 13.7. The Hall–Kier alpha value is -4.24. The number of nitrogens with zero attached hydrogens (tertiary/aromatic N) is 2. The number of carbonyl (C=O) groups excluding carboxylic acids is 2. The highest BCUT2D eigenvalue weighted by atomic mass is 32.2. The lowest BCUT2D eigenvalue weighted by molar-refractivity contribution is -0.154. The van der Waals surface area contributed by atoms with Gasteiger partial charge in [0.25, 0.3) is 5.97 Å². The molecule has 0 radical (unpaired) electrons. The summed E-state index contributed by atoms with van der Waals surface area (Å²) in [7, 11) is -4.25. The van der Waals surface area contributed by atoms with Crippen LogP contribution in [0.4, 0.5) is 0 Å². The first-order valence-electron chi connectivity index (χ1n) is 14.8. The highest BCUT2D eigenvalue weighted by Gasteiger charge is 2.39. The molecule has 2 amide bonds. The van der Waals surface area contributed by atoms with Gasteiger partial charge in [0, 0.05) is 33.1 Å². The number of piperidine rings is 2. The van der Waals surface area contributed by atoms with Gasteiger partial charge < -0.3 is 31.1 Å². The minimum atomic E-state index is -4.25. The number of guanidine groups is 1. The van der Waals surface area contributed by atoms with Gasteiger partial charge in [-0.25, -0.2) is 13.2 Å². The zero-order valence-corrected chi connectivity index (χ0v) is 26.3. The fraction of sp³-hybridized carbons (Fsp3) is 0.500. The topological polar surface area (TPSA) is 223 Å². The number of aliphatic carboxylic acids is 2. The molecule has 15 heteroatoms. The van der Waals surface area contributed by atoms with E-state index in [1.165, 1.54) is 17.0 Å². The van der Waals surface area contributed by atoms with Gasteiger partial charge in [-0.3, -0.25) is 19.8 Å². The molecule has 2 aromatic carbocycles. The molecule has 1 unspecified atom stereocenters. The van der Waals surface area contributed by atoms with Crippen LogP contribution < -0.4 is 15.8 Å². The van der Waals surface area contributed by atoms with Gasteiger partial charge in [-0.05, 0) is 60.4 Å². The second-order valence-electron chi connectivity index (χ2n) is 11.6. The number of sulfonamides is 1. The molecule has 14 nitrogen and oxygen atoms in total. The van der Waals surface area contributed by atoms with Gasteiger partial charge in [-0.2, -0.15) is 4.72 Å². The molecule has 2 heterocycles. The standard InChI is InChI=1S/C28H38N6O6S.C2H4O2/c1-18-10-12-34(24(13-18)27(37)38)26(36)23(15-25(35)31-16-19-5-4-11-33(17-19)28(29)30)32-41(39,40)22-9-8-20-6-2-3-7-21(20)14-22;1-2(3)4/h2-3,6-9,14,18-19,23-24,32H,4-5,10-13,15-17H2,1H3,(H3,29,30)(H,31,35)(H,37,38);1H3,(H,3,4)/t18-,19+,23+,24?;/m1./s1. The van der Waals surface area contributed by atoms with E-state index in [4.69, 9.17) is 21.0 Å². The van der Waals surface area contributed by atoms with Gasteiger partial charge in [0.15, 0.2) is 5.96 Å². The van der Waals surface area contributed by atoms with E-state index in [1.54, 1.807) is 23.1 Å². The average molecular weight is 647 g/mol. The molecule has 0 saturated carbocycles. The smallest absolute Gasteiger partial charge is 0.326 e. The number of hydrogen-bond acceptors (Lipinski definition) is 7. The summed E-state index contributed by atoms with van der Waals surface area (Å²) in [4.78, 5) is 50.6. The van der Waals surface area contributed by atoms with Crippen LogP contribution in [0.25, 0.3) is 10.8 Å². The van der Waals surface area contributed by atoms with E-state index in [0.717, 1.165) is 25.2 Å². The minimum absolute atomic E-state index is 0.0291. The molecule has 0 spiro atoms. The van der Waals surface area contributed by atoms with Crippen LogP contribution in [0.3, 0.4) is 0 Å². The molecular formula is C30H42N6O8S. The van der Waals surface area contributed by atoms with Crippen molar-refractivity contribution >= 4 is 50.5 Å². The summed E-state index contributed by atoms with van der Waals surface area (Å²) >= 11 is 0. The number of carboxylic acid groups (broad SMARTS) is 2. The van der Waals surface area contributed by atoms with Gasteiger partial charge in [0.05, 0.1) is 11.3 Å². The molecule has 246 valence electrons. The first kappa shape index (κ1) is 35.2. The number of nitrogens with one attached hydrogen (secondary N) is 3. The SMILES string of the molecule is CC(=O)O.C[C@@H]1CCN(C(=O)[C@H](CC(=O)NC[C@@H]2CCCN(C(=N)N)C2)NS(=O)(=O)c2ccc3ccccc3c2)C(C(=O)O)C1. The Kier molecular flexibility index (Phi) is 12.3. The molecule has 0 bridgehead atoms. The summed E-state index contributed by atoms with van der Waals surface area (Å²) in [5.74, 6) is -3.19. The van der Waals surface area contributed by atoms with Gasteiger partial charge in [-0.15, -0.1) is 0 Å². The third-order valence-corrected chi connectivity index (χ3v) is 9.37. The van der Waals surface area contributed by atoms with E-state index < -0.39 is 52.3 Å². The quantitative estimate of drug-likeness (QED) is 0.170. The number of nitrogens with two attached hydrogens (primary N) is 1. The Morgan fingerprint density at radius 2 is 1.73 bits per heavy atom. The predicted molar refractivity (Wildman–Crippen MR) is 167 cm³/mol. The lowest BCUT2D eigenvalue weighted by atomic mass is 9.91. The Morgan fingerprint density at radius 3 is 2.38 bits per heavy atom. The normalized spacial score (nSPS) is 20.8. The molecule has 2 fully saturated rings. The average Bonchev–Trinajstić information content (AvgIpc) is 2.98. The molecule has 7 N–H and O–H groups in total. The van der Waals surface area contributed by atoms with Crippen LogP contribution in [0, 0.1) is 17.2 Å². The third-order valence-electron chi connectivity index (χ3n) is 7.90. The molecule has 4 rings (SSSR count). The molecule has 0 aliphatic carbocycles. The van der Waals surface area contributed by atoms with Crippen molar-refractivity contribution in [3.05, 3.63) is 42.5 Å². The number of carboxylic acids is 2. The van der Waals surface area contributed by atoms with Crippen LogP contribution >= 0.6 is 0 Å². The van der Waals surface area contributed by atoms with Crippen LogP contribution in [-0.4, -0.2) is 96.4 Å². The predicted octanol–water partition coefficient (Wildman–Crippen LogP) is 1.40. The highest BCUT2D eigenvalue weighted by molar-refractivity contribution is 7.89. The number of hydrogen-bond donors (Lipinski definition) is 6. The Balaban J connectivity index is 0.00000130. The molecule has 2 aliphatic heterocycles. The van der Waals surface area contributed by atoms with Crippen LogP contribution in [0.1, 0.15) is 46.0 Å². The molecule has 2 saturated heterocycles. The summed E-state index contributed by atoms with van der Waals surface area (Å²) in [6.45, 7) is 4.60. The van der Waals surface area contributed by atoms with E-state index in [-0.39, 0.29) is 42.2 Å². The Bertz CT molecular complexity index is 1510. The molecule has 4 atom stereocenters. The van der Waals surface area contributed by atoms with E-state index in [1.807, 2.05) is 19.1 Å². The number of carbonyl (C=O) groups is 4. The van der Waals surface area contributed by atoms with E-state index in [0.29, 0.717) is 24.9 Å². The number of benzene rings is 2. The summed E-state index contributed by atoms with van der Waals surface area (Å²) in [6, 6.07) is 9.22. The molecule has 45 heavy (non-hydrogen) atoms. The lowest BCUT2D eigenvalue weighted by Crippen LogP contribution is -2.57. The molecular weight excluding hydrogens is 604 g/mol. The van der Waals surface area contributed by atoms with Crippen molar-refractivity contribution in [2.75, 3.05) is 26.2 Å². The number of fused-ring (bicyclic) bond motifs is 1. The van der Waals surface area contributed by atoms with Gasteiger partial charge >= 0.3 is 5.97 Å². The second kappa shape index (κ2) is 15.7. The van der Waals surface area contributed by atoms with E-state index in [9.17, 15) is 27.9 Å². The van der Waals surface area contributed by atoms with Crippen LogP contribution in [0.5, 0.6) is 0 Å². The fourth-order valence-electron chi connectivity index (χ4n) is 5.58. The van der Waals surface area contributed by atoms with Crippen molar-refractivity contribution in [2.24, 2.45) is 17.6 Å². The number of rotatable bonds is 9. The summed E-state index contributed by atoms with van der Waals surface area (Å²) < 4.78 is 29.3. The van der Waals surface area contributed by atoms with Crippen molar-refractivity contribution < 1.29 is 37.8 Å². The molecule has 0 aromatic heterocycles. The van der Waals surface area contributed by atoms with E-state index >= 15 is 0 Å². The third kappa shape index (κ3) is 10.1. The molecule has 2 aliphatic rings. The zero-order chi connectivity index (χ0) is 33.3. The largest absolute Gasteiger partial charge is 0.481 e. The second-order valence-corrected chi connectivity index (χ2v) is 13.3. The maximum Gasteiger partial charge on any atom is 0.326 e. The summed E-state index contributed by atoms with van der Waals surface area (Å²) in [5.41, 5.74) is 5.61. The first-order chi connectivity index (χ1) is 21.2. The van der Waals surface area contributed by atoms with Crippen molar-refractivity contribution in [1.82, 2.24) is 19.8 Å².